The molecule has 1 aromatic rings. The lowest BCUT2D eigenvalue weighted by molar-refractivity contribution is 0.400. The lowest BCUT2D eigenvalue weighted by atomic mass is 9.98. The zero-order valence-electron chi connectivity index (χ0n) is 12.5. The number of benzene rings is 1. The van der Waals surface area contributed by atoms with Crippen LogP contribution in [0.4, 0.5) is 0 Å². The molecule has 0 bridgehead atoms. The Labute approximate surface area is 117 Å². The zero-order valence-corrected chi connectivity index (χ0v) is 12.5. The Hall–Kier alpha value is -1.06. The molecule has 1 aromatic carbocycles. The van der Waals surface area contributed by atoms with E-state index in [1.165, 1.54) is 36.8 Å². The van der Waals surface area contributed by atoms with Gasteiger partial charge in [0.15, 0.2) is 0 Å². The third-order valence-corrected chi connectivity index (χ3v) is 3.54. The molecule has 0 aliphatic rings. The summed E-state index contributed by atoms with van der Waals surface area (Å²) < 4.78 is 5.42. The van der Waals surface area contributed by atoms with Gasteiger partial charge in [-0.05, 0) is 31.4 Å². The third kappa shape index (κ3) is 5.62. The fourth-order valence-electron chi connectivity index (χ4n) is 2.39. The van der Waals surface area contributed by atoms with Crippen LogP contribution < -0.4 is 16.0 Å². The summed E-state index contributed by atoms with van der Waals surface area (Å²) in [6, 6.07) is 6.63. The molecule has 0 spiro atoms. The molecule has 0 aromatic heterocycles. The fourth-order valence-corrected chi connectivity index (χ4v) is 2.39. The van der Waals surface area contributed by atoms with Crippen molar-refractivity contribution in [3.05, 3.63) is 29.3 Å². The van der Waals surface area contributed by atoms with Gasteiger partial charge < -0.3 is 4.74 Å². The van der Waals surface area contributed by atoms with E-state index in [0.717, 1.165) is 18.6 Å². The summed E-state index contributed by atoms with van der Waals surface area (Å²) in [6.45, 7) is 4.34. The smallest absolute Gasteiger partial charge is 0.122 e. The number of hydrogen-bond donors (Lipinski definition) is 2. The minimum Gasteiger partial charge on any atom is -0.496 e. The Kier molecular flexibility index (Phi) is 7.53. The van der Waals surface area contributed by atoms with Gasteiger partial charge in [-0.2, -0.15) is 0 Å². The second-order valence-electron chi connectivity index (χ2n) is 5.23. The number of hydrogen-bond acceptors (Lipinski definition) is 3. The van der Waals surface area contributed by atoms with Crippen molar-refractivity contribution in [1.82, 2.24) is 5.43 Å². The van der Waals surface area contributed by atoms with Crippen molar-refractivity contribution in [3.8, 4) is 5.75 Å². The second-order valence-corrected chi connectivity index (χ2v) is 5.23. The molecule has 0 aliphatic carbocycles. The number of hydrazine groups is 1. The van der Waals surface area contributed by atoms with E-state index in [2.05, 4.69) is 31.4 Å². The highest BCUT2D eigenvalue weighted by Gasteiger charge is 2.11. The molecule has 3 heteroatoms. The first kappa shape index (κ1) is 16.0. The highest BCUT2D eigenvalue weighted by atomic mass is 16.5. The van der Waals surface area contributed by atoms with Gasteiger partial charge in [-0.15, -0.1) is 0 Å². The number of methoxy groups -OCH3 is 1. The summed E-state index contributed by atoms with van der Waals surface area (Å²) in [7, 11) is 1.72. The molecule has 1 rings (SSSR count). The molecule has 3 N–H and O–H groups in total. The number of unbranched alkanes of at least 4 members (excludes halogenated alkanes) is 3. The molecule has 0 aliphatic heterocycles. The van der Waals surface area contributed by atoms with E-state index in [4.69, 9.17) is 10.6 Å². The van der Waals surface area contributed by atoms with Gasteiger partial charge >= 0.3 is 0 Å². The maximum absolute atomic E-state index is 5.67. The molecule has 3 nitrogen and oxygen atoms in total. The van der Waals surface area contributed by atoms with Gasteiger partial charge in [0.05, 0.1) is 7.11 Å². The summed E-state index contributed by atoms with van der Waals surface area (Å²) in [5.74, 6) is 6.63. The van der Waals surface area contributed by atoms with Crippen LogP contribution in [0.25, 0.3) is 0 Å². The van der Waals surface area contributed by atoms with Gasteiger partial charge in [-0.25, -0.2) is 0 Å². The van der Waals surface area contributed by atoms with Crippen molar-refractivity contribution in [2.75, 3.05) is 7.11 Å². The van der Waals surface area contributed by atoms with E-state index in [-0.39, 0.29) is 0 Å². The highest BCUT2D eigenvalue weighted by molar-refractivity contribution is 5.37. The number of nitrogens with two attached hydrogens (primary N) is 1. The van der Waals surface area contributed by atoms with E-state index < -0.39 is 0 Å². The van der Waals surface area contributed by atoms with Crippen LogP contribution in [-0.4, -0.2) is 13.2 Å². The predicted octanol–water partition coefficient (Wildman–Crippen LogP) is 3.35. The van der Waals surface area contributed by atoms with Gasteiger partial charge in [0.1, 0.15) is 5.75 Å². The molecule has 108 valence electrons. The average Bonchev–Trinajstić information content (AvgIpc) is 2.42. The molecular formula is C16H28N2O. The van der Waals surface area contributed by atoms with Crippen LogP contribution in [0.2, 0.25) is 0 Å². The van der Waals surface area contributed by atoms with E-state index >= 15 is 0 Å². The highest BCUT2D eigenvalue weighted by Crippen LogP contribution is 2.22. The van der Waals surface area contributed by atoms with Crippen molar-refractivity contribution in [1.29, 1.82) is 0 Å². The molecular weight excluding hydrogens is 236 g/mol. The SMILES string of the molecule is CCCCCCC(Cc1cc(C)ccc1OC)NN. The van der Waals surface area contributed by atoms with E-state index in [1.54, 1.807) is 7.11 Å². The van der Waals surface area contributed by atoms with Crippen LogP contribution in [0.5, 0.6) is 5.75 Å². The van der Waals surface area contributed by atoms with Crippen molar-refractivity contribution in [2.45, 2.75) is 58.4 Å². The Morgan fingerprint density at radius 1 is 1.26 bits per heavy atom. The Morgan fingerprint density at radius 3 is 2.68 bits per heavy atom. The van der Waals surface area contributed by atoms with Gasteiger partial charge in [-0.1, -0.05) is 50.3 Å². The van der Waals surface area contributed by atoms with Crippen LogP contribution in [0.3, 0.4) is 0 Å². The zero-order chi connectivity index (χ0) is 14.1. The monoisotopic (exact) mass is 264 g/mol. The maximum atomic E-state index is 5.67. The summed E-state index contributed by atoms with van der Waals surface area (Å²) in [5, 5.41) is 0. The fraction of sp³-hybridized carbons (Fsp3) is 0.625. The molecule has 0 amide bonds. The quantitative estimate of drug-likeness (QED) is 0.408. The Balaban J connectivity index is 2.56. The molecule has 1 atom stereocenters. The van der Waals surface area contributed by atoms with Crippen molar-refractivity contribution >= 4 is 0 Å². The summed E-state index contributed by atoms with van der Waals surface area (Å²) >= 11 is 0. The standard InChI is InChI=1S/C16H28N2O/c1-4-5-6-7-8-15(18-17)12-14-11-13(2)9-10-16(14)19-3/h9-11,15,18H,4-8,12,17H2,1-3H3. The molecule has 0 saturated carbocycles. The van der Waals surface area contributed by atoms with Gasteiger partial charge in [0.25, 0.3) is 0 Å². The first-order valence-electron chi connectivity index (χ1n) is 7.30. The lowest BCUT2D eigenvalue weighted by Gasteiger charge is -2.18. The molecule has 19 heavy (non-hydrogen) atoms. The molecule has 0 heterocycles. The largest absolute Gasteiger partial charge is 0.496 e. The predicted molar refractivity (Wildman–Crippen MR) is 81.3 cm³/mol. The first-order valence-corrected chi connectivity index (χ1v) is 7.30. The van der Waals surface area contributed by atoms with Gasteiger partial charge in [-0.3, -0.25) is 11.3 Å². The van der Waals surface area contributed by atoms with Crippen LogP contribution >= 0.6 is 0 Å². The third-order valence-electron chi connectivity index (χ3n) is 3.54. The van der Waals surface area contributed by atoms with Crippen LogP contribution in [0.1, 0.15) is 50.2 Å². The van der Waals surface area contributed by atoms with Crippen LogP contribution in [0.15, 0.2) is 18.2 Å². The molecule has 0 radical (unpaired) electrons. The van der Waals surface area contributed by atoms with Crippen molar-refractivity contribution in [3.63, 3.8) is 0 Å². The number of nitrogens with one attached hydrogen (secondary N) is 1. The number of ether oxygens (including phenoxy) is 1. The maximum Gasteiger partial charge on any atom is 0.122 e. The minimum absolute atomic E-state index is 0.326. The topological polar surface area (TPSA) is 47.3 Å². The normalized spacial score (nSPS) is 12.4. The van der Waals surface area contributed by atoms with Crippen molar-refractivity contribution in [2.24, 2.45) is 5.84 Å². The number of aryl methyl sites for hydroxylation is 1. The summed E-state index contributed by atoms with van der Waals surface area (Å²) in [6.07, 6.45) is 7.15. The Morgan fingerprint density at radius 2 is 2.05 bits per heavy atom. The van der Waals surface area contributed by atoms with Crippen LogP contribution in [0, 0.1) is 6.92 Å². The molecule has 0 fully saturated rings. The van der Waals surface area contributed by atoms with E-state index in [1.807, 2.05) is 6.07 Å². The Bertz CT molecular complexity index is 366. The van der Waals surface area contributed by atoms with E-state index in [0.29, 0.717) is 6.04 Å². The molecule has 1 unspecified atom stereocenters. The first-order chi connectivity index (χ1) is 9.21. The lowest BCUT2D eigenvalue weighted by Crippen LogP contribution is -2.36. The van der Waals surface area contributed by atoms with E-state index in [9.17, 15) is 0 Å². The summed E-state index contributed by atoms with van der Waals surface area (Å²) in [4.78, 5) is 0. The minimum atomic E-state index is 0.326. The average molecular weight is 264 g/mol. The van der Waals surface area contributed by atoms with Gasteiger partial charge in [0, 0.05) is 6.04 Å². The second kappa shape index (κ2) is 8.94. The van der Waals surface area contributed by atoms with Crippen molar-refractivity contribution < 1.29 is 4.74 Å². The van der Waals surface area contributed by atoms with Crippen LogP contribution in [-0.2, 0) is 6.42 Å². The summed E-state index contributed by atoms with van der Waals surface area (Å²) in [5.41, 5.74) is 5.44. The van der Waals surface area contributed by atoms with Gasteiger partial charge in [0.2, 0.25) is 0 Å². The molecule has 0 saturated heterocycles. The number of rotatable bonds is 9.